The first-order valence-electron chi connectivity index (χ1n) is 9.85. The van der Waals surface area contributed by atoms with Gasteiger partial charge in [-0.05, 0) is 49.4 Å². The highest BCUT2D eigenvalue weighted by Gasteiger charge is 2.39. The van der Waals surface area contributed by atoms with Gasteiger partial charge in [0.25, 0.3) is 11.8 Å². The summed E-state index contributed by atoms with van der Waals surface area (Å²) in [6, 6.07) is 4.22. The molecule has 158 valence electrons. The molecule has 1 atom stereocenters. The van der Waals surface area contributed by atoms with Gasteiger partial charge in [-0.3, -0.25) is 24.1 Å². The minimum absolute atomic E-state index is 0.0981. The van der Waals surface area contributed by atoms with Gasteiger partial charge in [-0.1, -0.05) is 6.07 Å². The van der Waals surface area contributed by atoms with Crippen LogP contribution < -0.4 is 15.8 Å². The van der Waals surface area contributed by atoms with E-state index in [-0.39, 0.29) is 29.8 Å². The van der Waals surface area contributed by atoms with Crippen LogP contribution in [0.1, 0.15) is 51.2 Å². The van der Waals surface area contributed by atoms with Gasteiger partial charge in [-0.15, -0.1) is 0 Å². The van der Waals surface area contributed by atoms with Crippen molar-refractivity contribution in [2.24, 2.45) is 0 Å². The molecule has 0 spiro atoms. The van der Waals surface area contributed by atoms with Gasteiger partial charge in [0.2, 0.25) is 5.43 Å². The van der Waals surface area contributed by atoms with Gasteiger partial charge >= 0.3 is 0 Å². The third-order valence-corrected chi connectivity index (χ3v) is 5.84. The fraction of sp³-hybridized carbons (Fsp3) is 0.381. The number of nitrogens with zero attached hydrogens (tertiary/aromatic N) is 3. The first-order valence-corrected chi connectivity index (χ1v) is 9.85. The van der Waals surface area contributed by atoms with Crippen molar-refractivity contribution in [3.8, 4) is 5.75 Å². The number of piperidine rings is 1. The SMILES string of the molecule is Cc1cc(F)ccc1CNC(=O)c1cn2c(c(O)c1=O)C(=O)N(C)[C@@H]1CCCCN12. The molecule has 1 aromatic carbocycles. The number of halogens is 1. The minimum atomic E-state index is -0.896. The van der Waals surface area contributed by atoms with E-state index in [0.717, 1.165) is 19.3 Å². The summed E-state index contributed by atoms with van der Waals surface area (Å²) in [4.78, 5) is 39.7. The third kappa shape index (κ3) is 3.20. The lowest BCUT2D eigenvalue weighted by molar-refractivity contribution is 0.0591. The van der Waals surface area contributed by atoms with Crippen LogP contribution in [0.25, 0.3) is 0 Å². The summed E-state index contributed by atoms with van der Waals surface area (Å²) in [5.74, 6) is -2.23. The van der Waals surface area contributed by atoms with Gasteiger partial charge in [0.15, 0.2) is 11.4 Å². The topological polar surface area (TPSA) is 94.9 Å². The summed E-state index contributed by atoms with van der Waals surface area (Å²) in [7, 11) is 1.64. The quantitative estimate of drug-likeness (QED) is 0.793. The van der Waals surface area contributed by atoms with Crippen molar-refractivity contribution >= 4 is 11.8 Å². The fourth-order valence-corrected chi connectivity index (χ4v) is 4.13. The molecule has 2 aliphatic heterocycles. The summed E-state index contributed by atoms with van der Waals surface area (Å²) in [5.41, 5.74) is 0.0982. The number of hydrogen-bond donors (Lipinski definition) is 2. The van der Waals surface area contributed by atoms with Gasteiger partial charge in [0.1, 0.15) is 17.5 Å². The van der Waals surface area contributed by atoms with Gasteiger partial charge in [0, 0.05) is 26.3 Å². The molecule has 4 rings (SSSR count). The van der Waals surface area contributed by atoms with Crippen molar-refractivity contribution in [1.29, 1.82) is 0 Å². The molecule has 2 aliphatic rings. The molecule has 8 nitrogen and oxygen atoms in total. The van der Waals surface area contributed by atoms with Gasteiger partial charge in [-0.25, -0.2) is 4.39 Å². The van der Waals surface area contributed by atoms with E-state index in [1.54, 1.807) is 20.0 Å². The van der Waals surface area contributed by atoms with E-state index >= 15 is 0 Å². The molecule has 1 saturated heterocycles. The highest BCUT2D eigenvalue weighted by Crippen LogP contribution is 2.28. The lowest BCUT2D eigenvalue weighted by Gasteiger charge is -2.47. The van der Waals surface area contributed by atoms with Crippen molar-refractivity contribution in [2.45, 2.75) is 38.9 Å². The number of nitrogens with one attached hydrogen (secondary N) is 1. The van der Waals surface area contributed by atoms with Crippen LogP contribution in [0.5, 0.6) is 5.75 Å². The predicted octanol–water partition coefficient (Wildman–Crippen LogP) is 1.47. The van der Waals surface area contributed by atoms with Crippen LogP contribution in [0.3, 0.4) is 0 Å². The van der Waals surface area contributed by atoms with Crippen LogP contribution in [0.4, 0.5) is 4.39 Å². The summed E-state index contributed by atoms with van der Waals surface area (Å²) >= 11 is 0. The molecule has 0 aliphatic carbocycles. The summed E-state index contributed by atoms with van der Waals surface area (Å²) in [6.07, 6.45) is 3.76. The van der Waals surface area contributed by atoms with Gasteiger partial charge in [-0.2, -0.15) is 0 Å². The average Bonchev–Trinajstić information content (AvgIpc) is 2.73. The van der Waals surface area contributed by atoms with Crippen LogP contribution in [0.15, 0.2) is 29.2 Å². The molecule has 2 amide bonds. The molecule has 0 saturated carbocycles. The van der Waals surface area contributed by atoms with E-state index in [0.29, 0.717) is 17.7 Å². The molecule has 1 aromatic heterocycles. The van der Waals surface area contributed by atoms with Crippen LogP contribution in [0.2, 0.25) is 0 Å². The lowest BCUT2D eigenvalue weighted by atomic mass is 10.1. The highest BCUT2D eigenvalue weighted by atomic mass is 19.1. The molecule has 9 heteroatoms. The van der Waals surface area contributed by atoms with Gasteiger partial charge < -0.3 is 15.3 Å². The lowest BCUT2D eigenvalue weighted by Crippen LogP contribution is -2.61. The maximum atomic E-state index is 13.3. The molecular formula is C21H23FN4O4. The molecule has 1 fully saturated rings. The monoisotopic (exact) mass is 414 g/mol. The number of fused-ring (bicyclic) bond motifs is 3. The Bertz CT molecular complexity index is 1100. The first-order chi connectivity index (χ1) is 14.3. The zero-order valence-corrected chi connectivity index (χ0v) is 16.8. The number of pyridine rings is 1. The minimum Gasteiger partial charge on any atom is -0.502 e. The largest absolute Gasteiger partial charge is 0.502 e. The molecule has 0 bridgehead atoms. The molecule has 2 aromatic rings. The molecule has 2 N–H and O–H groups in total. The molecule has 0 unspecified atom stereocenters. The van der Waals surface area contributed by atoms with Crippen LogP contribution in [0, 0.1) is 12.7 Å². The number of aryl methyl sites for hydroxylation is 1. The van der Waals surface area contributed by atoms with Crippen molar-refractivity contribution < 1.29 is 19.1 Å². The number of rotatable bonds is 3. The van der Waals surface area contributed by atoms with E-state index in [2.05, 4.69) is 5.32 Å². The second-order valence-electron chi connectivity index (χ2n) is 7.72. The fourth-order valence-electron chi connectivity index (χ4n) is 4.13. The average molecular weight is 414 g/mol. The molecule has 30 heavy (non-hydrogen) atoms. The Morgan fingerprint density at radius 2 is 2.07 bits per heavy atom. The van der Waals surface area contributed by atoms with E-state index in [9.17, 15) is 23.9 Å². The van der Waals surface area contributed by atoms with E-state index < -0.39 is 23.0 Å². The number of aromatic hydroxyl groups is 1. The number of carbonyl (C=O) groups excluding carboxylic acids is 2. The summed E-state index contributed by atoms with van der Waals surface area (Å²) in [6.45, 7) is 2.46. The molecular weight excluding hydrogens is 391 g/mol. The Kier molecular flexibility index (Phi) is 4.97. The number of aromatic nitrogens is 1. The Morgan fingerprint density at radius 1 is 1.30 bits per heavy atom. The van der Waals surface area contributed by atoms with Crippen molar-refractivity contribution in [2.75, 3.05) is 18.6 Å². The second kappa shape index (κ2) is 7.47. The van der Waals surface area contributed by atoms with Crippen LogP contribution in [-0.2, 0) is 6.54 Å². The molecule has 0 radical (unpaired) electrons. The number of hydrogen-bond acceptors (Lipinski definition) is 5. The van der Waals surface area contributed by atoms with E-state index in [4.69, 9.17) is 0 Å². The standard InChI is InChI=1S/C21H23FN4O4/c1-12-9-14(22)7-6-13(12)10-23-20(29)15-11-26-17(19(28)18(15)27)21(30)24(2)16-5-3-4-8-25(16)26/h6-7,9,11,16,28H,3-5,8,10H2,1-2H3,(H,23,29)/t16-/m0/s1. The Morgan fingerprint density at radius 3 is 2.80 bits per heavy atom. The second-order valence-corrected chi connectivity index (χ2v) is 7.72. The number of carbonyl (C=O) groups is 2. The van der Waals surface area contributed by atoms with Crippen molar-refractivity contribution in [1.82, 2.24) is 14.9 Å². The van der Waals surface area contributed by atoms with Gasteiger partial charge in [0.05, 0.1) is 0 Å². The first kappa shape index (κ1) is 19.9. The Hall–Kier alpha value is -3.36. The summed E-state index contributed by atoms with van der Waals surface area (Å²) < 4.78 is 14.7. The Balaban J connectivity index is 1.68. The third-order valence-electron chi connectivity index (χ3n) is 5.84. The Labute approximate surface area is 172 Å². The maximum Gasteiger partial charge on any atom is 0.277 e. The predicted molar refractivity (Wildman–Crippen MR) is 107 cm³/mol. The molecule has 3 heterocycles. The highest BCUT2D eigenvalue weighted by molar-refractivity contribution is 5.99. The van der Waals surface area contributed by atoms with E-state index in [1.807, 2.05) is 5.01 Å². The number of amides is 2. The zero-order valence-electron chi connectivity index (χ0n) is 16.8. The van der Waals surface area contributed by atoms with Crippen molar-refractivity contribution in [3.05, 3.63) is 62.8 Å². The van der Waals surface area contributed by atoms with Crippen molar-refractivity contribution in [3.63, 3.8) is 0 Å². The maximum absolute atomic E-state index is 13.3. The summed E-state index contributed by atoms with van der Waals surface area (Å²) in [5, 5.41) is 15.0. The zero-order chi connectivity index (χ0) is 21.6. The van der Waals surface area contributed by atoms with Crippen LogP contribution in [-0.4, -0.2) is 46.3 Å². The van der Waals surface area contributed by atoms with Crippen LogP contribution >= 0.6 is 0 Å². The number of benzene rings is 1. The smallest absolute Gasteiger partial charge is 0.277 e. The normalized spacial score (nSPS) is 18.1. The van der Waals surface area contributed by atoms with E-state index in [1.165, 1.54) is 27.9 Å².